The number of carbonyl (C=O) groups excluding carboxylic acids is 2. The van der Waals surface area contributed by atoms with Crippen LogP contribution in [0.3, 0.4) is 0 Å². The summed E-state index contributed by atoms with van der Waals surface area (Å²) in [5, 5.41) is 0. The van der Waals surface area contributed by atoms with Crippen molar-refractivity contribution >= 4 is 57.1 Å². The van der Waals surface area contributed by atoms with Crippen molar-refractivity contribution in [3.8, 4) is 0 Å². The minimum Gasteiger partial charge on any atom is -0.460 e. The Morgan fingerprint density at radius 2 is 0.900 bits per heavy atom. The molecule has 2 rings (SSSR count). The van der Waals surface area contributed by atoms with Crippen molar-refractivity contribution in [2.45, 2.75) is 8.86 Å². The predicted octanol–water partition coefficient (Wildman–Crippen LogP) is 4.60. The third-order valence-electron chi connectivity index (χ3n) is 3.98. The Labute approximate surface area is 203 Å². The monoisotopic (exact) mass is 638 g/mol. The maximum atomic E-state index is 11.9. The SMILES string of the molecule is O=C(OCCOCCOCCOC(=O)c1ccc(CI)cc1)c1ccc(CI)cc1. The van der Waals surface area contributed by atoms with Gasteiger partial charge in [-0.3, -0.25) is 0 Å². The first kappa shape index (κ1) is 25.0. The molecule has 0 amide bonds. The van der Waals surface area contributed by atoms with Crippen molar-refractivity contribution in [1.29, 1.82) is 0 Å². The van der Waals surface area contributed by atoms with Crippen LogP contribution in [-0.2, 0) is 27.8 Å². The van der Waals surface area contributed by atoms with E-state index in [0.717, 1.165) is 20.0 Å². The number of alkyl halides is 2. The van der Waals surface area contributed by atoms with Crippen molar-refractivity contribution in [2.75, 3.05) is 39.6 Å². The van der Waals surface area contributed by atoms with E-state index >= 15 is 0 Å². The summed E-state index contributed by atoms with van der Waals surface area (Å²) in [6.07, 6.45) is 0. The molecule has 2 aromatic carbocycles. The molecular formula is C22H24I2O6. The highest BCUT2D eigenvalue weighted by Gasteiger charge is 2.07. The Morgan fingerprint density at radius 1 is 0.567 bits per heavy atom. The molecule has 0 fully saturated rings. The molecule has 0 aliphatic rings. The van der Waals surface area contributed by atoms with Crippen LogP contribution in [0.4, 0.5) is 0 Å². The highest BCUT2D eigenvalue weighted by Crippen LogP contribution is 2.10. The van der Waals surface area contributed by atoms with Gasteiger partial charge in [0.15, 0.2) is 0 Å². The number of hydrogen-bond donors (Lipinski definition) is 0. The fourth-order valence-electron chi connectivity index (χ4n) is 2.34. The molecule has 30 heavy (non-hydrogen) atoms. The third kappa shape index (κ3) is 9.27. The third-order valence-corrected chi connectivity index (χ3v) is 5.74. The molecule has 0 saturated carbocycles. The second-order valence-electron chi connectivity index (χ2n) is 6.16. The van der Waals surface area contributed by atoms with Gasteiger partial charge in [0.2, 0.25) is 0 Å². The van der Waals surface area contributed by atoms with Gasteiger partial charge >= 0.3 is 11.9 Å². The van der Waals surface area contributed by atoms with Gasteiger partial charge in [0.05, 0.1) is 37.6 Å². The van der Waals surface area contributed by atoms with Gasteiger partial charge in [-0.05, 0) is 35.4 Å². The lowest BCUT2D eigenvalue weighted by Crippen LogP contribution is -2.15. The Hall–Kier alpha value is -1.24. The summed E-state index contributed by atoms with van der Waals surface area (Å²) in [4.78, 5) is 23.8. The Morgan fingerprint density at radius 3 is 1.23 bits per heavy atom. The van der Waals surface area contributed by atoms with Crippen LogP contribution in [0.1, 0.15) is 31.8 Å². The van der Waals surface area contributed by atoms with Crippen LogP contribution in [0.5, 0.6) is 0 Å². The first-order chi connectivity index (χ1) is 14.6. The lowest BCUT2D eigenvalue weighted by atomic mass is 10.1. The molecule has 162 valence electrons. The molecule has 0 aliphatic carbocycles. The molecule has 0 aromatic heterocycles. The molecule has 0 bridgehead atoms. The zero-order chi connectivity index (χ0) is 21.6. The average molecular weight is 638 g/mol. The Kier molecular flexibility index (Phi) is 12.3. The molecule has 2 aromatic rings. The summed E-state index contributed by atoms with van der Waals surface area (Å²) in [5.74, 6) is -0.721. The summed E-state index contributed by atoms with van der Waals surface area (Å²) in [7, 11) is 0. The highest BCUT2D eigenvalue weighted by atomic mass is 127. The quantitative estimate of drug-likeness (QED) is 0.138. The molecule has 0 N–H and O–H groups in total. The molecule has 0 saturated heterocycles. The summed E-state index contributed by atoms with van der Waals surface area (Å²) in [6.45, 7) is 1.69. The summed E-state index contributed by atoms with van der Waals surface area (Å²) < 4.78 is 22.9. The standard InChI is InChI=1S/C22H24I2O6/c23-15-17-1-5-19(6-2-17)21(25)29-13-11-27-9-10-28-12-14-30-22(26)20-7-3-18(16-24)4-8-20/h1-8H,9-16H2. The van der Waals surface area contributed by atoms with Gasteiger partial charge in [-0.25, -0.2) is 9.59 Å². The van der Waals surface area contributed by atoms with Crippen LogP contribution in [0.15, 0.2) is 48.5 Å². The van der Waals surface area contributed by atoms with Crippen LogP contribution >= 0.6 is 45.2 Å². The van der Waals surface area contributed by atoms with E-state index in [-0.39, 0.29) is 25.2 Å². The zero-order valence-electron chi connectivity index (χ0n) is 16.5. The number of ether oxygens (including phenoxy) is 4. The first-order valence-corrected chi connectivity index (χ1v) is 12.5. The number of hydrogen-bond acceptors (Lipinski definition) is 6. The van der Waals surface area contributed by atoms with Gasteiger partial charge in [0.25, 0.3) is 0 Å². The lowest BCUT2D eigenvalue weighted by molar-refractivity contribution is 0.00229. The number of halogens is 2. The van der Waals surface area contributed by atoms with E-state index in [1.807, 2.05) is 24.3 Å². The fourth-order valence-corrected chi connectivity index (χ4v) is 3.35. The summed E-state index contributed by atoms with van der Waals surface area (Å²) >= 11 is 4.54. The Balaban J connectivity index is 1.46. The minimum absolute atomic E-state index is 0.181. The van der Waals surface area contributed by atoms with Gasteiger partial charge in [0.1, 0.15) is 13.2 Å². The normalized spacial score (nSPS) is 10.6. The topological polar surface area (TPSA) is 71.1 Å². The number of rotatable bonds is 13. The number of esters is 2. The second-order valence-corrected chi connectivity index (χ2v) is 7.68. The molecule has 0 aliphatic heterocycles. The van der Waals surface area contributed by atoms with Crippen LogP contribution < -0.4 is 0 Å². The molecule has 0 unspecified atom stereocenters. The van der Waals surface area contributed by atoms with E-state index < -0.39 is 0 Å². The average Bonchev–Trinajstić information content (AvgIpc) is 2.80. The predicted molar refractivity (Wildman–Crippen MR) is 131 cm³/mol. The first-order valence-electron chi connectivity index (χ1n) is 9.43. The summed E-state index contributed by atoms with van der Waals surface area (Å²) in [5.41, 5.74) is 3.39. The van der Waals surface area contributed by atoms with Crippen molar-refractivity contribution < 1.29 is 28.5 Å². The van der Waals surface area contributed by atoms with E-state index in [1.54, 1.807) is 24.3 Å². The van der Waals surface area contributed by atoms with E-state index in [4.69, 9.17) is 18.9 Å². The van der Waals surface area contributed by atoms with E-state index in [1.165, 1.54) is 0 Å². The number of carbonyl (C=O) groups is 2. The van der Waals surface area contributed by atoms with Gasteiger partial charge in [-0.1, -0.05) is 69.4 Å². The van der Waals surface area contributed by atoms with Gasteiger partial charge in [0, 0.05) is 8.86 Å². The lowest BCUT2D eigenvalue weighted by Gasteiger charge is -2.08. The van der Waals surface area contributed by atoms with Crippen molar-refractivity contribution in [2.24, 2.45) is 0 Å². The molecule has 0 heterocycles. The van der Waals surface area contributed by atoms with Gasteiger partial charge < -0.3 is 18.9 Å². The maximum Gasteiger partial charge on any atom is 0.338 e. The molecule has 0 spiro atoms. The number of benzene rings is 2. The second kappa shape index (κ2) is 14.7. The summed E-state index contributed by atoms with van der Waals surface area (Å²) in [6, 6.07) is 14.7. The van der Waals surface area contributed by atoms with Crippen molar-refractivity contribution in [3.05, 3.63) is 70.8 Å². The van der Waals surface area contributed by atoms with Gasteiger partial charge in [-0.2, -0.15) is 0 Å². The molecular weight excluding hydrogens is 614 g/mol. The van der Waals surface area contributed by atoms with Gasteiger partial charge in [-0.15, -0.1) is 0 Å². The molecule has 6 nitrogen and oxygen atoms in total. The van der Waals surface area contributed by atoms with Crippen LogP contribution in [0.25, 0.3) is 0 Å². The molecule has 8 heteroatoms. The van der Waals surface area contributed by atoms with E-state index in [0.29, 0.717) is 37.6 Å². The van der Waals surface area contributed by atoms with Crippen LogP contribution in [0.2, 0.25) is 0 Å². The maximum absolute atomic E-state index is 11.9. The zero-order valence-corrected chi connectivity index (χ0v) is 20.8. The van der Waals surface area contributed by atoms with Crippen molar-refractivity contribution in [1.82, 2.24) is 0 Å². The Bertz CT molecular complexity index is 710. The molecule has 0 radical (unpaired) electrons. The highest BCUT2D eigenvalue weighted by molar-refractivity contribution is 14.1. The fraction of sp³-hybridized carbons (Fsp3) is 0.364. The van der Waals surface area contributed by atoms with E-state index in [2.05, 4.69) is 45.2 Å². The van der Waals surface area contributed by atoms with E-state index in [9.17, 15) is 9.59 Å². The smallest absolute Gasteiger partial charge is 0.338 e. The van der Waals surface area contributed by atoms with Crippen molar-refractivity contribution in [3.63, 3.8) is 0 Å². The largest absolute Gasteiger partial charge is 0.460 e. The molecule has 0 atom stereocenters. The van der Waals surface area contributed by atoms with Crippen LogP contribution in [-0.4, -0.2) is 51.6 Å². The minimum atomic E-state index is -0.361. The van der Waals surface area contributed by atoms with Crippen LogP contribution in [0, 0.1) is 0 Å².